The molecule has 0 unspecified atom stereocenters. The summed E-state index contributed by atoms with van der Waals surface area (Å²) >= 11 is 0. The molecule has 0 fully saturated rings. The van der Waals surface area contributed by atoms with Crippen LogP contribution in [0, 0.1) is 6.92 Å². The Morgan fingerprint density at radius 3 is 2.17 bits per heavy atom. The maximum atomic E-state index is 12.6. The predicted octanol–water partition coefficient (Wildman–Crippen LogP) is 4.59. The summed E-state index contributed by atoms with van der Waals surface area (Å²) < 4.78 is 37.9. The van der Waals surface area contributed by atoms with E-state index in [2.05, 4.69) is 0 Å². The number of rotatable bonds is 0. The summed E-state index contributed by atoms with van der Waals surface area (Å²) in [6.07, 6.45) is -3.67. The van der Waals surface area contributed by atoms with Gasteiger partial charge in [0.2, 0.25) is 0 Å². The summed E-state index contributed by atoms with van der Waals surface area (Å²) in [4.78, 5) is 0. The van der Waals surface area contributed by atoms with Crippen LogP contribution in [0.4, 0.5) is 13.2 Å². The third-order valence-corrected chi connectivity index (χ3v) is 3.36. The van der Waals surface area contributed by atoms with Gasteiger partial charge >= 0.3 is 6.18 Å². The second-order valence-electron chi connectivity index (χ2n) is 4.71. The summed E-state index contributed by atoms with van der Waals surface area (Å²) in [7, 11) is 0. The average molecular weight is 248 g/mol. The minimum absolute atomic E-state index is 0.564. The fraction of sp³-hybridized carbons (Fsp3) is 0.200. The van der Waals surface area contributed by atoms with Crippen LogP contribution in [0.3, 0.4) is 0 Å². The van der Waals surface area contributed by atoms with E-state index in [-0.39, 0.29) is 0 Å². The lowest BCUT2D eigenvalue weighted by atomic mass is 10.0. The molecule has 0 atom stereocenters. The predicted molar refractivity (Wildman–Crippen MR) is 64.4 cm³/mol. The quantitative estimate of drug-likeness (QED) is 0.546. The van der Waals surface area contributed by atoms with Gasteiger partial charge < -0.3 is 0 Å². The molecule has 92 valence electrons. The first kappa shape index (κ1) is 11.3. The second kappa shape index (κ2) is 3.61. The molecule has 0 heterocycles. The molecular weight excluding hydrogens is 237 g/mol. The molecule has 1 aliphatic rings. The van der Waals surface area contributed by atoms with Gasteiger partial charge in [0.05, 0.1) is 5.56 Å². The van der Waals surface area contributed by atoms with Crippen molar-refractivity contribution in [2.75, 3.05) is 0 Å². The van der Waals surface area contributed by atoms with Crippen LogP contribution in [0.5, 0.6) is 0 Å². The minimum atomic E-state index is -4.26. The Bertz CT molecular complexity index is 624. The highest BCUT2D eigenvalue weighted by Crippen LogP contribution is 2.40. The Morgan fingerprint density at radius 2 is 1.50 bits per heavy atom. The van der Waals surface area contributed by atoms with Gasteiger partial charge in [0.1, 0.15) is 0 Å². The number of benzene rings is 2. The summed E-state index contributed by atoms with van der Waals surface area (Å²) in [6, 6.07) is 10.0. The third kappa shape index (κ3) is 1.70. The summed E-state index contributed by atoms with van der Waals surface area (Å²) in [6.45, 7) is 1.99. The monoisotopic (exact) mass is 248 g/mol. The number of aryl methyl sites for hydroxylation is 1. The van der Waals surface area contributed by atoms with Crippen molar-refractivity contribution in [3.63, 3.8) is 0 Å². The molecule has 0 bridgehead atoms. The molecule has 3 heteroatoms. The Labute approximate surface area is 103 Å². The molecule has 0 amide bonds. The van der Waals surface area contributed by atoms with Crippen molar-refractivity contribution in [3.05, 3.63) is 58.7 Å². The highest BCUT2D eigenvalue weighted by atomic mass is 19.4. The Balaban J connectivity index is 2.12. The van der Waals surface area contributed by atoms with Gasteiger partial charge in [-0.25, -0.2) is 0 Å². The highest BCUT2D eigenvalue weighted by molar-refractivity contribution is 5.77. The fourth-order valence-electron chi connectivity index (χ4n) is 2.52. The van der Waals surface area contributed by atoms with E-state index < -0.39 is 11.7 Å². The van der Waals surface area contributed by atoms with Gasteiger partial charge in [-0.3, -0.25) is 0 Å². The first-order valence-corrected chi connectivity index (χ1v) is 5.75. The fourth-order valence-corrected chi connectivity index (χ4v) is 2.52. The number of hydrogen-bond acceptors (Lipinski definition) is 0. The van der Waals surface area contributed by atoms with E-state index in [0.29, 0.717) is 6.42 Å². The maximum Gasteiger partial charge on any atom is 0.416 e. The zero-order valence-corrected chi connectivity index (χ0v) is 9.81. The lowest BCUT2D eigenvalue weighted by Crippen LogP contribution is -2.05. The summed E-state index contributed by atoms with van der Waals surface area (Å²) in [5.74, 6) is 0. The molecule has 0 aromatic heterocycles. The lowest BCUT2D eigenvalue weighted by Gasteiger charge is -2.08. The molecule has 2 aromatic rings. The van der Waals surface area contributed by atoms with Crippen LogP contribution >= 0.6 is 0 Å². The summed E-state index contributed by atoms with van der Waals surface area (Å²) in [5, 5.41) is 0. The zero-order valence-electron chi connectivity index (χ0n) is 9.81. The van der Waals surface area contributed by atoms with Gasteiger partial charge in [-0.05, 0) is 47.7 Å². The van der Waals surface area contributed by atoms with Crippen molar-refractivity contribution in [3.8, 4) is 11.1 Å². The van der Waals surface area contributed by atoms with E-state index in [0.717, 1.165) is 33.9 Å². The number of alkyl halides is 3. The molecule has 0 saturated heterocycles. The molecule has 0 spiro atoms. The van der Waals surface area contributed by atoms with Crippen molar-refractivity contribution in [1.29, 1.82) is 0 Å². The van der Waals surface area contributed by atoms with E-state index in [4.69, 9.17) is 0 Å². The zero-order chi connectivity index (χ0) is 12.9. The van der Waals surface area contributed by atoms with Gasteiger partial charge in [-0.15, -0.1) is 0 Å². The van der Waals surface area contributed by atoms with Crippen LogP contribution in [0.25, 0.3) is 11.1 Å². The number of hydrogen-bond donors (Lipinski definition) is 0. The molecule has 0 aliphatic heterocycles. The van der Waals surface area contributed by atoms with E-state index in [1.54, 1.807) is 6.07 Å². The largest absolute Gasteiger partial charge is 0.416 e. The molecule has 1 aliphatic carbocycles. The second-order valence-corrected chi connectivity index (χ2v) is 4.71. The number of fused-ring (bicyclic) bond motifs is 3. The van der Waals surface area contributed by atoms with E-state index in [1.165, 1.54) is 6.07 Å². The Morgan fingerprint density at radius 1 is 0.889 bits per heavy atom. The Kier molecular flexibility index (Phi) is 2.27. The van der Waals surface area contributed by atoms with Crippen molar-refractivity contribution in [2.45, 2.75) is 19.5 Å². The van der Waals surface area contributed by atoms with Crippen LogP contribution in [-0.2, 0) is 12.6 Å². The molecular formula is C15H11F3. The molecule has 0 saturated carbocycles. The molecule has 0 N–H and O–H groups in total. The van der Waals surface area contributed by atoms with Crippen LogP contribution < -0.4 is 0 Å². The van der Waals surface area contributed by atoms with Gasteiger partial charge in [0, 0.05) is 0 Å². The van der Waals surface area contributed by atoms with Gasteiger partial charge in [0.15, 0.2) is 0 Å². The molecule has 0 nitrogen and oxygen atoms in total. The minimum Gasteiger partial charge on any atom is -0.166 e. The molecule has 18 heavy (non-hydrogen) atoms. The smallest absolute Gasteiger partial charge is 0.166 e. The van der Waals surface area contributed by atoms with Gasteiger partial charge in [0.25, 0.3) is 0 Å². The first-order chi connectivity index (χ1) is 8.45. The average Bonchev–Trinajstić information content (AvgIpc) is 2.63. The van der Waals surface area contributed by atoms with E-state index in [1.807, 2.05) is 25.1 Å². The van der Waals surface area contributed by atoms with Crippen molar-refractivity contribution in [2.24, 2.45) is 0 Å². The van der Waals surface area contributed by atoms with Crippen LogP contribution in [0.15, 0.2) is 36.4 Å². The lowest BCUT2D eigenvalue weighted by molar-refractivity contribution is -0.137. The third-order valence-electron chi connectivity index (χ3n) is 3.36. The van der Waals surface area contributed by atoms with E-state index in [9.17, 15) is 13.2 Å². The maximum absolute atomic E-state index is 12.6. The highest BCUT2D eigenvalue weighted by Gasteiger charge is 2.32. The van der Waals surface area contributed by atoms with Gasteiger partial charge in [-0.2, -0.15) is 13.2 Å². The van der Waals surface area contributed by atoms with Crippen LogP contribution in [-0.4, -0.2) is 0 Å². The molecule has 2 aromatic carbocycles. The Hall–Kier alpha value is -1.77. The van der Waals surface area contributed by atoms with Crippen LogP contribution in [0.2, 0.25) is 0 Å². The first-order valence-electron chi connectivity index (χ1n) is 5.75. The standard InChI is InChI=1S/C15H11F3/c1-9-2-4-13-10(6-9)7-11-8-12(15(16,17)18)3-5-14(11)13/h2-6,8H,7H2,1H3. The van der Waals surface area contributed by atoms with Crippen molar-refractivity contribution in [1.82, 2.24) is 0 Å². The SMILES string of the molecule is Cc1ccc2c(c1)Cc1cc(C(F)(F)F)ccc1-2. The number of halogens is 3. The van der Waals surface area contributed by atoms with Crippen molar-refractivity contribution < 1.29 is 13.2 Å². The normalized spacial score (nSPS) is 13.3. The van der Waals surface area contributed by atoms with Crippen molar-refractivity contribution >= 4 is 0 Å². The summed E-state index contributed by atoms with van der Waals surface area (Å²) in [5.41, 5.74) is 4.44. The van der Waals surface area contributed by atoms with Gasteiger partial charge in [-0.1, -0.05) is 29.8 Å². The topological polar surface area (TPSA) is 0 Å². The van der Waals surface area contributed by atoms with E-state index >= 15 is 0 Å². The van der Waals surface area contributed by atoms with Crippen LogP contribution in [0.1, 0.15) is 22.3 Å². The molecule has 0 radical (unpaired) electrons. The molecule has 3 rings (SSSR count).